The molecule has 0 aromatic rings. The molecule has 0 saturated carbocycles. The molecule has 15 heavy (non-hydrogen) atoms. The summed E-state index contributed by atoms with van der Waals surface area (Å²) in [6, 6.07) is 1.72. The van der Waals surface area contributed by atoms with E-state index in [1.807, 2.05) is 0 Å². The van der Waals surface area contributed by atoms with Gasteiger partial charge in [0.15, 0.2) is 0 Å². The second kappa shape index (κ2) is 6.06. The van der Waals surface area contributed by atoms with Crippen LogP contribution in [0.3, 0.4) is 0 Å². The zero-order chi connectivity index (χ0) is 11.3. The molecule has 1 aliphatic heterocycles. The Balaban J connectivity index is 2.21. The van der Waals surface area contributed by atoms with Crippen molar-refractivity contribution in [2.45, 2.75) is 18.9 Å². The largest absolute Gasteiger partial charge is 0.315 e. The normalized spacial score (nSPS) is 21.5. The molecule has 0 radical (unpaired) electrons. The lowest BCUT2D eigenvalue weighted by Gasteiger charge is -2.31. The lowest BCUT2D eigenvalue weighted by Crippen LogP contribution is -2.40. The number of likely N-dealkylation sites (N-methyl/N-ethyl adjacent to an activating group) is 1. The minimum atomic E-state index is -0.346. The van der Waals surface area contributed by atoms with Crippen molar-refractivity contribution in [3.05, 3.63) is 0 Å². The van der Waals surface area contributed by atoms with Crippen LogP contribution in [-0.4, -0.2) is 56.1 Å². The maximum Gasteiger partial charge on any atom is 0.106 e. The molecular weight excluding hydrogens is 188 g/mol. The highest BCUT2D eigenvalue weighted by Crippen LogP contribution is 2.16. The zero-order valence-electron chi connectivity index (χ0n) is 9.82. The van der Waals surface area contributed by atoms with Gasteiger partial charge in [-0.3, -0.25) is 0 Å². The third-order valence-corrected chi connectivity index (χ3v) is 3.08. The first-order valence-corrected chi connectivity index (χ1v) is 5.64. The Morgan fingerprint density at radius 1 is 1.53 bits per heavy atom. The van der Waals surface area contributed by atoms with E-state index >= 15 is 0 Å². The standard InChI is InChI=1S/C11H22N4/c1-14-5-3-10(4-6-14)8-15(2)9-11(13)7-12/h10-11H,3-6,8-9,13H2,1-2H3. The Morgan fingerprint density at radius 3 is 2.67 bits per heavy atom. The van der Waals surface area contributed by atoms with Crippen LogP contribution in [-0.2, 0) is 0 Å². The maximum atomic E-state index is 8.62. The third kappa shape index (κ3) is 4.61. The number of piperidine rings is 1. The Kier molecular flexibility index (Phi) is 5.03. The van der Waals surface area contributed by atoms with Crippen molar-refractivity contribution >= 4 is 0 Å². The van der Waals surface area contributed by atoms with Crippen LogP contribution in [0.25, 0.3) is 0 Å². The molecule has 0 aromatic carbocycles. The molecule has 1 rings (SSSR count). The predicted octanol–water partition coefficient (Wildman–Crippen LogP) is 0.111. The Labute approximate surface area is 92.6 Å². The van der Waals surface area contributed by atoms with E-state index in [9.17, 15) is 0 Å². The van der Waals surface area contributed by atoms with Gasteiger partial charge in [-0.05, 0) is 45.9 Å². The molecule has 2 N–H and O–H groups in total. The first-order valence-electron chi connectivity index (χ1n) is 5.64. The monoisotopic (exact) mass is 210 g/mol. The van der Waals surface area contributed by atoms with Gasteiger partial charge in [0.05, 0.1) is 6.07 Å². The van der Waals surface area contributed by atoms with Crippen molar-refractivity contribution < 1.29 is 0 Å². The fraction of sp³-hybridized carbons (Fsp3) is 0.909. The van der Waals surface area contributed by atoms with E-state index in [-0.39, 0.29) is 6.04 Å². The maximum absolute atomic E-state index is 8.62. The van der Waals surface area contributed by atoms with Crippen LogP contribution in [0.15, 0.2) is 0 Å². The molecule has 0 aromatic heterocycles. The van der Waals surface area contributed by atoms with Crippen molar-refractivity contribution in [3.63, 3.8) is 0 Å². The summed E-state index contributed by atoms with van der Waals surface area (Å²) in [5.74, 6) is 0.775. The fourth-order valence-electron chi connectivity index (χ4n) is 2.14. The summed E-state index contributed by atoms with van der Waals surface area (Å²) in [6.07, 6.45) is 2.53. The summed E-state index contributed by atoms with van der Waals surface area (Å²) in [5, 5.41) is 8.62. The number of nitriles is 1. The summed E-state index contributed by atoms with van der Waals surface area (Å²) in [7, 11) is 4.22. The van der Waals surface area contributed by atoms with Gasteiger partial charge in [-0.15, -0.1) is 0 Å². The molecule has 1 unspecified atom stereocenters. The SMILES string of the molecule is CN1CCC(CN(C)CC(N)C#N)CC1. The van der Waals surface area contributed by atoms with Gasteiger partial charge < -0.3 is 15.5 Å². The van der Waals surface area contributed by atoms with Crippen LogP contribution < -0.4 is 5.73 Å². The summed E-state index contributed by atoms with van der Waals surface area (Å²) in [5.41, 5.74) is 5.59. The van der Waals surface area contributed by atoms with Gasteiger partial charge in [0.1, 0.15) is 6.04 Å². The van der Waals surface area contributed by atoms with E-state index in [0.717, 1.165) is 12.5 Å². The van der Waals surface area contributed by atoms with E-state index in [1.54, 1.807) is 0 Å². The first-order chi connectivity index (χ1) is 7.11. The number of nitrogens with zero attached hydrogens (tertiary/aromatic N) is 3. The van der Waals surface area contributed by atoms with Gasteiger partial charge in [-0.25, -0.2) is 0 Å². The number of hydrogen-bond donors (Lipinski definition) is 1. The average molecular weight is 210 g/mol. The van der Waals surface area contributed by atoms with E-state index in [4.69, 9.17) is 11.0 Å². The van der Waals surface area contributed by atoms with Crippen LogP contribution in [0.5, 0.6) is 0 Å². The molecule has 86 valence electrons. The molecule has 0 aliphatic carbocycles. The molecule has 0 spiro atoms. The lowest BCUT2D eigenvalue weighted by molar-refractivity contribution is 0.175. The van der Waals surface area contributed by atoms with Gasteiger partial charge in [-0.2, -0.15) is 5.26 Å². The van der Waals surface area contributed by atoms with Crippen LogP contribution in [0.1, 0.15) is 12.8 Å². The lowest BCUT2D eigenvalue weighted by atomic mass is 9.96. The fourth-order valence-corrected chi connectivity index (χ4v) is 2.14. The van der Waals surface area contributed by atoms with Gasteiger partial charge >= 0.3 is 0 Å². The number of nitrogens with two attached hydrogens (primary N) is 1. The average Bonchev–Trinajstić information content (AvgIpc) is 2.21. The minimum Gasteiger partial charge on any atom is -0.315 e. The quantitative estimate of drug-likeness (QED) is 0.715. The highest BCUT2D eigenvalue weighted by molar-refractivity contribution is 4.88. The predicted molar refractivity (Wildman–Crippen MR) is 61.3 cm³/mol. The van der Waals surface area contributed by atoms with Crippen molar-refractivity contribution in [2.24, 2.45) is 11.7 Å². The topological polar surface area (TPSA) is 56.3 Å². The van der Waals surface area contributed by atoms with E-state index in [0.29, 0.717) is 6.54 Å². The number of likely N-dealkylation sites (tertiary alicyclic amines) is 1. The smallest absolute Gasteiger partial charge is 0.106 e. The summed E-state index contributed by atoms with van der Waals surface area (Å²) in [6.45, 7) is 4.15. The summed E-state index contributed by atoms with van der Waals surface area (Å²) < 4.78 is 0. The minimum absolute atomic E-state index is 0.346. The first kappa shape index (κ1) is 12.4. The van der Waals surface area contributed by atoms with Gasteiger partial charge in [-0.1, -0.05) is 0 Å². The second-order valence-electron chi connectivity index (χ2n) is 4.70. The molecule has 0 amide bonds. The van der Waals surface area contributed by atoms with E-state index in [1.165, 1.54) is 25.9 Å². The highest BCUT2D eigenvalue weighted by Gasteiger charge is 2.18. The van der Waals surface area contributed by atoms with Crippen LogP contribution in [0.4, 0.5) is 0 Å². The van der Waals surface area contributed by atoms with Crippen LogP contribution in [0, 0.1) is 17.2 Å². The molecule has 0 bridgehead atoms. The number of rotatable bonds is 4. The second-order valence-corrected chi connectivity index (χ2v) is 4.70. The van der Waals surface area contributed by atoms with Crippen LogP contribution in [0.2, 0.25) is 0 Å². The Hall–Kier alpha value is -0.630. The Bertz CT molecular complexity index is 215. The van der Waals surface area contributed by atoms with E-state index < -0.39 is 0 Å². The van der Waals surface area contributed by atoms with Gasteiger partial charge in [0.2, 0.25) is 0 Å². The molecule has 1 fully saturated rings. The van der Waals surface area contributed by atoms with Gasteiger partial charge in [0, 0.05) is 13.1 Å². The molecule has 4 heteroatoms. The van der Waals surface area contributed by atoms with Crippen molar-refractivity contribution in [2.75, 3.05) is 40.3 Å². The third-order valence-electron chi connectivity index (χ3n) is 3.08. The number of hydrogen-bond acceptors (Lipinski definition) is 4. The van der Waals surface area contributed by atoms with Crippen molar-refractivity contribution in [1.29, 1.82) is 5.26 Å². The summed E-state index contributed by atoms with van der Waals surface area (Å²) >= 11 is 0. The molecule has 1 heterocycles. The van der Waals surface area contributed by atoms with Crippen molar-refractivity contribution in [3.8, 4) is 6.07 Å². The van der Waals surface area contributed by atoms with Gasteiger partial charge in [0.25, 0.3) is 0 Å². The molecule has 1 atom stereocenters. The molecule has 1 aliphatic rings. The molecule has 4 nitrogen and oxygen atoms in total. The highest BCUT2D eigenvalue weighted by atomic mass is 15.1. The zero-order valence-corrected chi connectivity index (χ0v) is 9.82. The summed E-state index contributed by atoms with van der Waals surface area (Å²) in [4.78, 5) is 4.56. The molecule has 1 saturated heterocycles. The van der Waals surface area contributed by atoms with Crippen molar-refractivity contribution in [1.82, 2.24) is 9.80 Å². The van der Waals surface area contributed by atoms with E-state index in [2.05, 4.69) is 30.0 Å². The Morgan fingerprint density at radius 2 is 2.13 bits per heavy atom. The van der Waals surface area contributed by atoms with Crippen LogP contribution >= 0.6 is 0 Å². The molecular formula is C11H22N4.